The van der Waals surface area contributed by atoms with E-state index in [0.29, 0.717) is 25.4 Å². The Morgan fingerprint density at radius 1 is 1.04 bits per heavy atom. The molecule has 2 aliphatic heterocycles. The summed E-state index contributed by atoms with van der Waals surface area (Å²) in [5.41, 5.74) is 1.49. The second-order valence-electron chi connectivity index (χ2n) is 6.43. The number of amides is 2. The van der Waals surface area contributed by atoms with Crippen LogP contribution in [0, 0.1) is 0 Å². The molecule has 136 valence electrons. The maximum absolute atomic E-state index is 12.6. The van der Waals surface area contributed by atoms with Gasteiger partial charge < -0.3 is 19.4 Å². The number of ether oxygens (including phenoxy) is 1. The third-order valence-corrected chi connectivity index (χ3v) is 4.78. The number of rotatable bonds is 3. The van der Waals surface area contributed by atoms with Gasteiger partial charge in [0.1, 0.15) is 5.69 Å². The van der Waals surface area contributed by atoms with Gasteiger partial charge in [-0.05, 0) is 38.3 Å². The molecular formula is C18H26N4O3. The van der Waals surface area contributed by atoms with Crippen LogP contribution < -0.4 is 4.90 Å². The van der Waals surface area contributed by atoms with E-state index in [1.54, 1.807) is 11.1 Å². The summed E-state index contributed by atoms with van der Waals surface area (Å²) >= 11 is 0. The summed E-state index contributed by atoms with van der Waals surface area (Å²) in [7, 11) is 0. The van der Waals surface area contributed by atoms with Gasteiger partial charge in [0.05, 0.1) is 6.61 Å². The van der Waals surface area contributed by atoms with E-state index in [2.05, 4.69) is 9.88 Å². The molecular weight excluding hydrogens is 320 g/mol. The summed E-state index contributed by atoms with van der Waals surface area (Å²) < 4.78 is 5.05. The second kappa shape index (κ2) is 8.18. The summed E-state index contributed by atoms with van der Waals surface area (Å²) in [6.45, 7) is 6.54. The third-order valence-electron chi connectivity index (χ3n) is 4.78. The van der Waals surface area contributed by atoms with E-state index in [1.807, 2.05) is 24.0 Å². The number of piperazine rings is 1. The smallest absolute Gasteiger partial charge is 0.409 e. The lowest BCUT2D eigenvalue weighted by Gasteiger charge is -2.35. The average Bonchev–Trinajstić information content (AvgIpc) is 2.68. The first-order valence-corrected chi connectivity index (χ1v) is 9.11. The van der Waals surface area contributed by atoms with Crippen molar-refractivity contribution in [2.45, 2.75) is 26.2 Å². The fraction of sp³-hybridized carbons (Fsp3) is 0.611. The Kier molecular flexibility index (Phi) is 5.73. The van der Waals surface area contributed by atoms with Crippen LogP contribution in [-0.4, -0.2) is 72.7 Å². The van der Waals surface area contributed by atoms with Crippen LogP contribution in [0.5, 0.6) is 0 Å². The fourth-order valence-electron chi connectivity index (χ4n) is 3.35. The molecule has 0 unspecified atom stereocenters. The lowest BCUT2D eigenvalue weighted by Crippen LogP contribution is -2.49. The molecule has 3 heterocycles. The standard InChI is InChI=1S/C18H26N4O3/c1-2-25-18(24)22-12-10-20(11-13-22)15-6-7-19-16(14-15)17(23)21-8-4-3-5-9-21/h6-7,14H,2-5,8-13H2,1H3. The van der Waals surface area contributed by atoms with Crippen LogP contribution in [0.3, 0.4) is 0 Å². The molecule has 0 spiro atoms. The number of anilines is 1. The van der Waals surface area contributed by atoms with E-state index < -0.39 is 0 Å². The molecule has 0 radical (unpaired) electrons. The van der Waals surface area contributed by atoms with Crippen molar-refractivity contribution in [1.29, 1.82) is 0 Å². The van der Waals surface area contributed by atoms with Crippen molar-refractivity contribution in [1.82, 2.24) is 14.8 Å². The molecule has 2 aliphatic rings. The van der Waals surface area contributed by atoms with Crippen LogP contribution in [0.15, 0.2) is 18.3 Å². The molecule has 1 aromatic heterocycles. The van der Waals surface area contributed by atoms with Gasteiger partial charge in [-0.25, -0.2) is 4.79 Å². The number of nitrogens with zero attached hydrogens (tertiary/aromatic N) is 4. The van der Waals surface area contributed by atoms with Gasteiger partial charge in [0.15, 0.2) is 0 Å². The summed E-state index contributed by atoms with van der Waals surface area (Å²) in [4.78, 5) is 34.5. The number of likely N-dealkylation sites (tertiary alicyclic amines) is 1. The van der Waals surface area contributed by atoms with Crippen LogP contribution >= 0.6 is 0 Å². The summed E-state index contributed by atoms with van der Waals surface area (Å²) in [6.07, 6.45) is 4.78. The Hall–Kier alpha value is -2.31. The summed E-state index contributed by atoms with van der Waals surface area (Å²) in [5, 5.41) is 0. The molecule has 25 heavy (non-hydrogen) atoms. The van der Waals surface area contributed by atoms with E-state index in [0.717, 1.165) is 44.7 Å². The monoisotopic (exact) mass is 346 g/mol. The molecule has 2 saturated heterocycles. The largest absolute Gasteiger partial charge is 0.450 e. The van der Waals surface area contributed by atoms with Gasteiger partial charge in [-0.3, -0.25) is 9.78 Å². The van der Waals surface area contributed by atoms with Crippen molar-refractivity contribution in [2.75, 3.05) is 50.8 Å². The van der Waals surface area contributed by atoms with E-state index in [-0.39, 0.29) is 12.0 Å². The molecule has 0 aromatic carbocycles. The molecule has 2 amide bonds. The van der Waals surface area contributed by atoms with Crippen LogP contribution in [0.1, 0.15) is 36.7 Å². The van der Waals surface area contributed by atoms with Gasteiger partial charge in [0, 0.05) is 51.2 Å². The molecule has 1 aromatic rings. The van der Waals surface area contributed by atoms with Gasteiger partial charge in [0.25, 0.3) is 5.91 Å². The first-order valence-electron chi connectivity index (χ1n) is 9.11. The number of pyridine rings is 1. The summed E-state index contributed by atoms with van der Waals surface area (Å²) in [5.74, 6) is 0.0201. The Balaban J connectivity index is 1.62. The van der Waals surface area contributed by atoms with Crippen molar-refractivity contribution >= 4 is 17.7 Å². The van der Waals surface area contributed by atoms with Crippen LogP contribution in [0.4, 0.5) is 10.5 Å². The predicted molar refractivity (Wildman–Crippen MR) is 94.8 cm³/mol. The molecule has 0 saturated carbocycles. The fourth-order valence-corrected chi connectivity index (χ4v) is 3.35. The van der Waals surface area contributed by atoms with Gasteiger partial charge >= 0.3 is 6.09 Å². The zero-order valence-corrected chi connectivity index (χ0v) is 14.8. The van der Waals surface area contributed by atoms with Crippen molar-refractivity contribution in [3.05, 3.63) is 24.0 Å². The van der Waals surface area contributed by atoms with Gasteiger partial charge in [-0.1, -0.05) is 0 Å². The minimum absolute atomic E-state index is 0.0201. The highest BCUT2D eigenvalue weighted by Crippen LogP contribution is 2.19. The minimum Gasteiger partial charge on any atom is -0.450 e. The Labute approximate surface area is 148 Å². The zero-order chi connectivity index (χ0) is 17.6. The number of hydrogen-bond acceptors (Lipinski definition) is 5. The highest BCUT2D eigenvalue weighted by atomic mass is 16.6. The Morgan fingerprint density at radius 3 is 2.44 bits per heavy atom. The van der Waals surface area contributed by atoms with Gasteiger partial charge in [0.2, 0.25) is 0 Å². The first kappa shape index (κ1) is 17.5. The number of piperidine rings is 1. The van der Waals surface area contributed by atoms with Crippen LogP contribution in [0.25, 0.3) is 0 Å². The molecule has 3 rings (SSSR count). The van der Waals surface area contributed by atoms with Crippen LogP contribution in [-0.2, 0) is 4.74 Å². The number of carbonyl (C=O) groups excluding carboxylic acids is 2. The normalized spacial score (nSPS) is 18.2. The topological polar surface area (TPSA) is 66.0 Å². The van der Waals surface area contributed by atoms with Crippen molar-refractivity contribution in [3.8, 4) is 0 Å². The molecule has 2 fully saturated rings. The van der Waals surface area contributed by atoms with E-state index in [9.17, 15) is 9.59 Å². The minimum atomic E-state index is -0.252. The molecule has 0 aliphatic carbocycles. The molecule has 7 heteroatoms. The quantitative estimate of drug-likeness (QED) is 0.837. The number of hydrogen-bond donors (Lipinski definition) is 0. The molecule has 0 atom stereocenters. The van der Waals surface area contributed by atoms with Crippen molar-refractivity contribution in [3.63, 3.8) is 0 Å². The lowest BCUT2D eigenvalue weighted by molar-refractivity contribution is 0.0718. The van der Waals surface area contributed by atoms with E-state index >= 15 is 0 Å². The Morgan fingerprint density at radius 2 is 1.76 bits per heavy atom. The molecule has 7 nitrogen and oxygen atoms in total. The SMILES string of the molecule is CCOC(=O)N1CCN(c2ccnc(C(=O)N3CCCCC3)c2)CC1. The van der Waals surface area contributed by atoms with Crippen molar-refractivity contribution in [2.24, 2.45) is 0 Å². The predicted octanol–water partition coefficient (Wildman–Crippen LogP) is 1.99. The highest BCUT2D eigenvalue weighted by Gasteiger charge is 2.24. The Bertz CT molecular complexity index is 608. The van der Waals surface area contributed by atoms with Crippen molar-refractivity contribution < 1.29 is 14.3 Å². The highest BCUT2D eigenvalue weighted by molar-refractivity contribution is 5.93. The summed E-state index contributed by atoms with van der Waals surface area (Å²) in [6, 6.07) is 3.80. The first-order chi connectivity index (χ1) is 12.2. The van der Waals surface area contributed by atoms with Gasteiger partial charge in [-0.15, -0.1) is 0 Å². The van der Waals surface area contributed by atoms with Gasteiger partial charge in [-0.2, -0.15) is 0 Å². The number of carbonyl (C=O) groups is 2. The maximum atomic E-state index is 12.6. The third kappa shape index (κ3) is 4.21. The van der Waals surface area contributed by atoms with Crippen LogP contribution in [0.2, 0.25) is 0 Å². The molecule has 0 N–H and O–H groups in total. The zero-order valence-electron chi connectivity index (χ0n) is 14.8. The molecule has 0 bridgehead atoms. The van der Waals surface area contributed by atoms with E-state index in [1.165, 1.54) is 6.42 Å². The number of aromatic nitrogens is 1. The maximum Gasteiger partial charge on any atom is 0.409 e. The lowest BCUT2D eigenvalue weighted by atomic mass is 10.1. The second-order valence-corrected chi connectivity index (χ2v) is 6.43. The average molecular weight is 346 g/mol. The van der Waals surface area contributed by atoms with E-state index in [4.69, 9.17) is 4.74 Å².